The highest BCUT2D eigenvalue weighted by molar-refractivity contribution is 9.10. The fourth-order valence-electron chi connectivity index (χ4n) is 1.39. The summed E-state index contributed by atoms with van der Waals surface area (Å²) < 4.78 is 6.14. The predicted molar refractivity (Wildman–Crippen MR) is 80.8 cm³/mol. The number of nitrogens with one attached hydrogen (secondary N) is 1. The zero-order valence-electron chi connectivity index (χ0n) is 9.86. The minimum atomic E-state index is -0.157. The number of carbonyl (C=O) groups excluding carboxylic acids is 1. The van der Waals surface area contributed by atoms with E-state index in [1.165, 1.54) is 0 Å². The molecule has 1 heterocycles. The molecule has 2 aromatic rings. The molecule has 1 amide bonds. The summed E-state index contributed by atoms with van der Waals surface area (Å²) in [5, 5.41) is 5.38. The van der Waals surface area contributed by atoms with Gasteiger partial charge in [0.15, 0.2) is 6.61 Å². The number of hydrogen-bond donors (Lipinski definition) is 1. The van der Waals surface area contributed by atoms with E-state index >= 15 is 0 Å². The Kier molecular flexibility index (Phi) is 5.24. The van der Waals surface area contributed by atoms with Crippen LogP contribution in [-0.2, 0) is 11.3 Å². The molecule has 0 spiro atoms. The molecule has 0 aliphatic carbocycles. The van der Waals surface area contributed by atoms with Gasteiger partial charge in [0.2, 0.25) is 0 Å². The molecule has 0 fully saturated rings. The van der Waals surface area contributed by atoms with Crippen molar-refractivity contribution in [3.05, 3.63) is 50.1 Å². The molecular formula is C13H11BrClNO2S. The largest absolute Gasteiger partial charge is 0.483 e. The number of carbonyl (C=O) groups is 1. The van der Waals surface area contributed by atoms with Crippen molar-refractivity contribution in [3.63, 3.8) is 0 Å². The van der Waals surface area contributed by atoms with Gasteiger partial charge in [-0.05, 0) is 45.6 Å². The van der Waals surface area contributed by atoms with Crippen molar-refractivity contribution in [1.82, 2.24) is 5.32 Å². The van der Waals surface area contributed by atoms with Crippen LogP contribution in [0, 0.1) is 0 Å². The van der Waals surface area contributed by atoms with Crippen LogP contribution in [0.25, 0.3) is 0 Å². The molecule has 0 aliphatic heterocycles. The molecule has 1 aromatic heterocycles. The van der Waals surface area contributed by atoms with Crippen molar-refractivity contribution in [2.45, 2.75) is 6.54 Å². The number of amides is 1. The zero-order chi connectivity index (χ0) is 13.7. The van der Waals surface area contributed by atoms with Gasteiger partial charge in [-0.25, -0.2) is 0 Å². The second kappa shape index (κ2) is 6.93. The van der Waals surface area contributed by atoms with Crippen LogP contribution in [0.2, 0.25) is 5.02 Å². The zero-order valence-corrected chi connectivity index (χ0v) is 13.0. The van der Waals surface area contributed by atoms with Crippen molar-refractivity contribution in [1.29, 1.82) is 0 Å². The average Bonchev–Trinajstić information content (AvgIpc) is 2.88. The highest BCUT2D eigenvalue weighted by Gasteiger charge is 2.06. The summed E-state index contributed by atoms with van der Waals surface area (Å²) in [5.74, 6) is 0.436. The Labute approximate surface area is 128 Å². The smallest absolute Gasteiger partial charge is 0.258 e. The van der Waals surface area contributed by atoms with Crippen LogP contribution in [0.5, 0.6) is 5.75 Å². The number of rotatable bonds is 5. The van der Waals surface area contributed by atoms with Gasteiger partial charge in [0.1, 0.15) is 5.75 Å². The Hall–Kier alpha value is -1.04. The lowest BCUT2D eigenvalue weighted by Gasteiger charge is -2.08. The van der Waals surface area contributed by atoms with Crippen molar-refractivity contribution in [2.24, 2.45) is 0 Å². The number of ether oxygens (including phenoxy) is 1. The van der Waals surface area contributed by atoms with Gasteiger partial charge in [0, 0.05) is 9.90 Å². The predicted octanol–water partition coefficient (Wildman–Crippen LogP) is 3.86. The van der Waals surface area contributed by atoms with Crippen molar-refractivity contribution in [2.75, 3.05) is 6.61 Å². The Morgan fingerprint density at radius 2 is 2.26 bits per heavy atom. The van der Waals surface area contributed by atoms with Crippen LogP contribution in [0.1, 0.15) is 4.88 Å². The fraction of sp³-hybridized carbons (Fsp3) is 0.154. The van der Waals surface area contributed by atoms with Gasteiger partial charge in [-0.3, -0.25) is 4.79 Å². The van der Waals surface area contributed by atoms with E-state index in [1.54, 1.807) is 29.5 Å². The Morgan fingerprint density at radius 1 is 1.42 bits per heavy atom. The van der Waals surface area contributed by atoms with Gasteiger partial charge < -0.3 is 10.1 Å². The average molecular weight is 361 g/mol. The summed E-state index contributed by atoms with van der Waals surface area (Å²) in [4.78, 5) is 12.7. The summed E-state index contributed by atoms with van der Waals surface area (Å²) in [7, 11) is 0. The lowest BCUT2D eigenvalue weighted by atomic mass is 10.3. The summed E-state index contributed by atoms with van der Waals surface area (Å²) in [6, 6.07) is 9.08. The molecule has 0 aliphatic rings. The van der Waals surface area contributed by atoms with E-state index in [2.05, 4.69) is 21.2 Å². The maximum Gasteiger partial charge on any atom is 0.258 e. The maximum atomic E-state index is 11.6. The summed E-state index contributed by atoms with van der Waals surface area (Å²) in [5.41, 5.74) is 0. The number of thiophene rings is 1. The molecule has 3 nitrogen and oxygen atoms in total. The summed E-state index contributed by atoms with van der Waals surface area (Å²) in [6.07, 6.45) is 0. The molecule has 1 N–H and O–H groups in total. The van der Waals surface area contributed by atoms with Gasteiger partial charge in [0.05, 0.1) is 11.0 Å². The number of hydrogen-bond acceptors (Lipinski definition) is 3. The van der Waals surface area contributed by atoms with Crippen LogP contribution < -0.4 is 10.1 Å². The van der Waals surface area contributed by atoms with E-state index in [0.717, 1.165) is 9.35 Å². The van der Waals surface area contributed by atoms with Gasteiger partial charge in [-0.15, -0.1) is 11.3 Å². The molecule has 2 rings (SSSR count). The first-order valence-corrected chi connectivity index (χ1v) is 7.57. The second-order valence-corrected chi connectivity index (χ2v) is 6.04. The third-order valence-corrected chi connectivity index (χ3v) is 4.02. The van der Waals surface area contributed by atoms with E-state index in [1.807, 2.05) is 17.5 Å². The minimum Gasteiger partial charge on any atom is -0.483 e. The van der Waals surface area contributed by atoms with Gasteiger partial charge in [-0.2, -0.15) is 0 Å². The second-order valence-electron chi connectivity index (χ2n) is 3.72. The molecule has 0 saturated carbocycles. The normalized spacial score (nSPS) is 10.2. The van der Waals surface area contributed by atoms with E-state index in [0.29, 0.717) is 17.3 Å². The quantitative estimate of drug-likeness (QED) is 0.879. The van der Waals surface area contributed by atoms with Gasteiger partial charge in [-0.1, -0.05) is 17.7 Å². The molecule has 0 unspecified atom stereocenters. The molecule has 0 radical (unpaired) electrons. The Balaban J connectivity index is 1.80. The molecule has 0 atom stereocenters. The van der Waals surface area contributed by atoms with Crippen LogP contribution >= 0.6 is 38.9 Å². The van der Waals surface area contributed by atoms with Crippen LogP contribution in [-0.4, -0.2) is 12.5 Å². The summed E-state index contributed by atoms with van der Waals surface area (Å²) >= 11 is 10.8. The SMILES string of the molecule is O=C(COc1ccc(Cl)cc1Br)NCc1cccs1. The van der Waals surface area contributed by atoms with E-state index in [9.17, 15) is 4.79 Å². The molecule has 0 bridgehead atoms. The third kappa shape index (κ3) is 4.53. The number of halogens is 2. The summed E-state index contributed by atoms with van der Waals surface area (Å²) in [6.45, 7) is 0.507. The first-order chi connectivity index (χ1) is 9.15. The lowest BCUT2D eigenvalue weighted by molar-refractivity contribution is -0.123. The minimum absolute atomic E-state index is 0.0222. The molecule has 0 saturated heterocycles. The molecule has 1 aromatic carbocycles. The van der Waals surface area contributed by atoms with Crippen molar-refractivity contribution in [3.8, 4) is 5.75 Å². The lowest BCUT2D eigenvalue weighted by Crippen LogP contribution is -2.28. The molecular weight excluding hydrogens is 350 g/mol. The van der Waals surface area contributed by atoms with E-state index in [-0.39, 0.29) is 12.5 Å². The van der Waals surface area contributed by atoms with Crippen molar-refractivity contribution >= 4 is 44.8 Å². The molecule has 19 heavy (non-hydrogen) atoms. The van der Waals surface area contributed by atoms with Gasteiger partial charge >= 0.3 is 0 Å². The Morgan fingerprint density at radius 3 is 2.95 bits per heavy atom. The highest BCUT2D eigenvalue weighted by atomic mass is 79.9. The van der Waals surface area contributed by atoms with Crippen LogP contribution in [0.4, 0.5) is 0 Å². The van der Waals surface area contributed by atoms with Gasteiger partial charge in [0.25, 0.3) is 5.91 Å². The van der Waals surface area contributed by atoms with Crippen LogP contribution in [0.3, 0.4) is 0 Å². The van der Waals surface area contributed by atoms with E-state index in [4.69, 9.17) is 16.3 Å². The molecule has 100 valence electrons. The number of benzene rings is 1. The van der Waals surface area contributed by atoms with Crippen LogP contribution in [0.15, 0.2) is 40.2 Å². The Bertz CT molecular complexity index is 560. The monoisotopic (exact) mass is 359 g/mol. The molecule has 6 heteroatoms. The first-order valence-electron chi connectivity index (χ1n) is 5.52. The highest BCUT2D eigenvalue weighted by Crippen LogP contribution is 2.27. The topological polar surface area (TPSA) is 38.3 Å². The third-order valence-electron chi connectivity index (χ3n) is 2.29. The first kappa shape index (κ1) is 14.4. The van der Waals surface area contributed by atoms with Crippen molar-refractivity contribution < 1.29 is 9.53 Å². The standard InChI is InChI=1S/C13H11BrClNO2S/c14-11-6-9(15)3-4-12(11)18-8-13(17)16-7-10-2-1-5-19-10/h1-6H,7-8H2,(H,16,17). The maximum absolute atomic E-state index is 11.6. The van der Waals surface area contributed by atoms with E-state index < -0.39 is 0 Å². The fourth-order valence-corrected chi connectivity index (χ4v) is 2.83.